The highest BCUT2D eigenvalue weighted by Gasteiger charge is 2.09. The lowest BCUT2D eigenvalue weighted by Crippen LogP contribution is -2.12. The zero-order valence-electron chi connectivity index (χ0n) is 8.27. The Morgan fingerprint density at radius 2 is 2.14 bits per heavy atom. The van der Waals surface area contributed by atoms with Crippen molar-refractivity contribution >= 4 is 17.6 Å². The predicted octanol–water partition coefficient (Wildman–Crippen LogP) is 1.82. The molecule has 0 aliphatic rings. The average Bonchev–Trinajstić information content (AvgIpc) is 2.55. The Hall–Kier alpha value is -1.77. The van der Waals surface area contributed by atoms with Gasteiger partial charge in [-0.1, -0.05) is 6.07 Å². The van der Waals surface area contributed by atoms with Crippen molar-refractivity contribution in [1.82, 2.24) is 4.40 Å². The molecule has 0 saturated heterocycles. The molecule has 3 nitrogen and oxygen atoms in total. The minimum absolute atomic E-state index is 0.723. The number of aldehydes is 1. The van der Waals surface area contributed by atoms with Crippen molar-refractivity contribution in [3.05, 3.63) is 36.0 Å². The molecule has 0 N–H and O–H groups in total. The fourth-order valence-corrected chi connectivity index (χ4v) is 1.69. The molecular weight excluding hydrogens is 176 g/mol. The van der Waals surface area contributed by atoms with Gasteiger partial charge >= 0.3 is 0 Å². The summed E-state index contributed by atoms with van der Waals surface area (Å²) in [6, 6.07) is 7.79. The number of hydrogen-bond donors (Lipinski definition) is 0. The Bertz CT molecular complexity index is 471. The molecule has 2 rings (SSSR count). The Morgan fingerprint density at radius 1 is 1.36 bits per heavy atom. The third-order valence-corrected chi connectivity index (χ3v) is 2.23. The molecular formula is C11H12N2O. The van der Waals surface area contributed by atoms with Crippen LogP contribution >= 0.6 is 0 Å². The van der Waals surface area contributed by atoms with Gasteiger partial charge in [-0.15, -0.1) is 0 Å². The van der Waals surface area contributed by atoms with Crippen LogP contribution in [0.15, 0.2) is 30.5 Å². The molecule has 2 heterocycles. The van der Waals surface area contributed by atoms with Gasteiger partial charge in [-0.3, -0.25) is 4.79 Å². The van der Waals surface area contributed by atoms with E-state index in [1.807, 2.05) is 53.9 Å². The summed E-state index contributed by atoms with van der Waals surface area (Å²) in [4.78, 5) is 12.8. The first-order valence-electron chi connectivity index (χ1n) is 4.46. The van der Waals surface area contributed by atoms with Crippen LogP contribution in [0.3, 0.4) is 0 Å². The van der Waals surface area contributed by atoms with Gasteiger partial charge in [0.15, 0.2) is 6.29 Å². The molecule has 72 valence electrons. The number of aromatic nitrogens is 1. The largest absolute Gasteiger partial charge is 0.363 e. The van der Waals surface area contributed by atoms with Gasteiger partial charge in [0.2, 0.25) is 0 Å². The molecule has 0 fully saturated rings. The molecule has 2 aromatic heterocycles. The highest BCUT2D eigenvalue weighted by Crippen LogP contribution is 2.22. The van der Waals surface area contributed by atoms with Crippen molar-refractivity contribution in [3.63, 3.8) is 0 Å². The molecule has 0 radical (unpaired) electrons. The van der Waals surface area contributed by atoms with Crippen LogP contribution in [0.5, 0.6) is 0 Å². The number of carbonyl (C=O) groups excluding carboxylic acids is 1. The molecule has 0 spiro atoms. The highest BCUT2D eigenvalue weighted by molar-refractivity contribution is 5.87. The molecule has 0 saturated carbocycles. The second kappa shape index (κ2) is 3.18. The maximum atomic E-state index is 10.9. The number of rotatable bonds is 2. The van der Waals surface area contributed by atoms with E-state index in [2.05, 4.69) is 0 Å². The number of pyridine rings is 1. The SMILES string of the molecule is CN(C)c1c(C=O)cc2ccccn12. The summed E-state index contributed by atoms with van der Waals surface area (Å²) in [6.07, 6.45) is 2.85. The third kappa shape index (κ3) is 1.18. The monoisotopic (exact) mass is 188 g/mol. The van der Waals surface area contributed by atoms with Crippen LogP contribution in [-0.2, 0) is 0 Å². The number of carbonyl (C=O) groups is 1. The average molecular weight is 188 g/mol. The van der Waals surface area contributed by atoms with E-state index in [-0.39, 0.29) is 0 Å². The zero-order chi connectivity index (χ0) is 10.1. The Balaban J connectivity index is 2.80. The van der Waals surface area contributed by atoms with Gasteiger partial charge in [0, 0.05) is 25.8 Å². The fourth-order valence-electron chi connectivity index (χ4n) is 1.69. The van der Waals surface area contributed by atoms with Crippen molar-refractivity contribution in [2.24, 2.45) is 0 Å². The minimum atomic E-state index is 0.723. The summed E-state index contributed by atoms with van der Waals surface area (Å²) < 4.78 is 2.00. The second-order valence-electron chi connectivity index (χ2n) is 3.43. The zero-order valence-corrected chi connectivity index (χ0v) is 8.27. The van der Waals surface area contributed by atoms with Gasteiger partial charge in [0.25, 0.3) is 0 Å². The van der Waals surface area contributed by atoms with E-state index >= 15 is 0 Å². The van der Waals surface area contributed by atoms with Gasteiger partial charge in [0.1, 0.15) is 5.82 Å². The number of fused-ring (bicyclic) bond motifs is 1. The van der Waals surface area contributed by atoms with E-state index in [0.717, 1.165) is 23.2 Å². The molecule has 0 aliphatic carbocycles. The summed E-state index contributed by atoms with van der Waals surface area (Å²) in [5, 5.41) is 0. The Labute approximate surface area is 82.6 Å². The molecule has 0 aromatic carbocycles. The van der Waals surface area contributed by atoms with Crippen LogP contribution in [0.1, 0.15) is 10.4 Å². The summed E-state index contributed by atoms with van der Waals surface area (Å²) in [7, 11) is 3.86. The first-order chi connectivity index (χ1) is 6.74. The highest BCUT2D eigenvalue weighted by atomic mass is 16.1. The van der Waals surface area contributed by atoms with Crippen molar-refractivity contribution < 1.29 is 4.79 Å². The molecule has 0 amide bonds. The third-order valence-electron chi connectivity index (χ3n) is 2.23. The lowest BCUT2D eigenvalue weighted by Gasteiger charge is -2.13. The molecule has 0 bridgehead atoms. The Kier molecular flexibility index (Phi) is 2.00. The van der Waals surface area contributed by atoms with Gasteiger partial charge in [-0.25, -0.2) is 0 Å². The van der Waals surface area contributed by atoms with Gasteiger partial charge in [0.05, 0.1) is 5.56 Å². The van der Waals surface area contributed by atoms with Crippen molar-refractivity contribution in [2.75, 3.05) is 19.0 Å². The number of hydrogen-bond acceptors (Lipinski definition) is 2. The summed E-state index contributed by atoms with van der Waals surface area (Å²) in [6.45, 7) is 0. The van der Waals surface area contributed by atoms with Crippen LogP contribution in [0.25, 0.3) is 5.52 Å². The predicted molar refractivity (Wildman–Crippen MR) is 57.1 cm³/mol. The van der Waals surface area contributed by atoms with E-state index in [1.165, 1.54) is 0 Å². The van der Waals surface area contributed by atoms with Crippen LogP contribution < -0.4 is 4.90 Å². The van der Waals surface area contributed by atoms with Gasteiger partial charge < -0.3 is 9.30 Å². The summed E-state index contributed by atoms with van der Waals surface area (Å²) in [5.41, 5.74) is 1.76. The van der Waals surface area contributed by atoms with Crippen molar-refractivity contribution in [1.29, 1.82) is 0 Å². The van der Waals surface area contributed by atoms with Crippen molar-refractivity contribution in [3.8, 4) is 0 Å². The lowest BCUT2D eigenvalue weighted by molar-refractivity contribution is 0.112. The van der Waals surface area contributed by atoms with Crippen LogP contribution in [0.2, 0.25) is 0 Å². The quantitative estimate of drug-likeness (QED) is 0.671. The maximum absolute atomic E-state index is 10.9. The van der Waals surface area contributed by atoms with E-state index in [0.29, 0.717) is 0 Å². The first kappa shape index (κ1) is 8.81. The van der Waals surface area contributed by atoms with Gasteiger partial charge in [-0.2, -0.15) is 0 Å². The summed E-state index contributed by atoms with van der Waals surface area (Å²) >= 11 is 0. The lowest BCUT2D eigenvalue weighted by atomic mass is 10.3. The van der Waals surface area contributed by atoms with Crippen molar-refractivity contribution in [2.45, 2.75) is 0 Å². The van der Waals surface area contributed by atoms with Crippen LogP contribution in [0, 0.1) is 0 Å². The minimum Gasteiger partial charge on any atom is -0.363 e. The molecule has 2 aromatic rings. The standard InChI is InChI=1S/C11H12N2O/c1-12(2)11-9(8-14)7-10-5-3-4-6-13(10)11/h3-8H,1-2H3. The fraction of sp³-hybridized carbons (Fsp3) is 0.182. The molecule has 0 unspecified atom stereocenters. The smallest absolute Gasteiger partial charge is 0.153 e. The van der Waals surface area contributed by atoms with E-state index in [1.54, 1.807) is 0 Å². The number of nitrogens with zero attached hydrogens (tertiary/aromatic N) is 2. The number of anilines is 1. The molecule has 0 aliphatic heterocycles. The normalized spacial score (nSPS) is 10.4. The van der Waals surface area contributed by atoms with E-state index < -0.39 is 0 Å². The summed E-state index contributed by atoms with van der Waals surface area (Å²) in [5.74, 6) is 0.926. The molecule has 0 atom stereocenters. The van der Waals surface area contributed by atoms with Crippen LogP contribution in [0.4, 0.5) is 5.82 Å². The second-order valence-corrected chi connectivity index (χ2v) is 3.43. The van der Waals surface area contributed by atoms with E-state index in [4.69, 9.17) is 0 Å². The molecule has 14 heavy (non-hydrogen) atoms. The maximum Gasteiger partial charge on any atom is 0.153 e. The first-order valence-corrected chi connectivity index (χ1v) is 4.46. The Morgan fingerprint density at radius 3 is 2.79 bits per heavy atom. The topological polar surface area (TPSA) is 24.7 Å². The van der Waals surface area contributed by atoms with Gasteiger partial charge in [-0.05, 0) is 18.2 Å². The van der Waals surface area contributed by atoms with E-state index in [9.17, 15) is 4.79 Å². The molecule has 3 heteroatoms. The van der Waals surface area contributed by atoms with Crippen LogP contribution in [-0.4, -0.2) is 24.8 Å².